The van der Waals surface area contributed by atoms with Crippen LogP contribution in [0.3, 0.4) is 0 Å². The number of halogens is 6. The van der Waals surface area contributed by atoms with Crippen molar-refractivity contribution < 1.29 is 64.7 Å². The van der Waals surface area contributed by atoms with Gasteiger partial charge in [-0.05, 0) is 50.4 Å². The van der Waals surface area contributed by atoms with Crippen LogP contribution in [-0.2, 0) is 38.4 Å². The minimum absolute atomic E-state index is 0.500. The summed E-state index contributed by atoms with van der Waals surface area (Å²) >= 11 is 0. The van der Waals surface area contributed by atoms with E-state index in [2.05, 4.69) is 0 Å². The van der Waals surface area contributed by atoms with Crippen LogP contribution in [0, 0.1) is 40.9 Å². The van der Waals surface area contributed by atoms with Gasteiger partial charge in [-0.3, -0.25) is 58.0 Å². The van der Waals surface area contributed by atoms with Gasteiger partial charge in [0.1, 0.15) is 13.3 Å². The number of nitrogens with zero attached hydrogens (tertiary/aromatic N) is 4. The van der Waals surface area contributed by atoms with Gasteiger partial charge in [-0.15, -0.1) is 0 Å². The highest BCUT2D eigenvalue weighted by Crippen LogP contribution is 2.67. The number of fused-ring (bicyclic) bond motifs is 2. The SMILES string of the molecule is O=C1C=CC(=O)N1CN1C(=O)C2CCC(C(C3CCC4C(=O)N(CN5C(=O)C=CC5=O)C(=O)C4C3)(C(F)(F)F)C(F)(F)F)CC2C1=O. The zero-order valence-corrected chi connectivity index (χ0v) is 24.3. The molecule has 2 saturated carbocycles. The maximum Gasteiger partial charge on any atom is 0.403 e. The lowest BCUT2D eigenvalue weighted by atomic mass is 9.54. The summed E-state index contributed by atoms with van der Waals surface area (Å²) in [7, 11) is 0. The van der Waals surface area contributed by atoms with Crippen molar-refractivity contribution in [2.24, 2.45) is 40.9 Å². The Bertz CT molecular complexity index is 1420. The molecule has 0 aromatic heterocycles. The number of hydrogen-bond donors (Lipinski definition) is 0. The van der Waals surface area contributed by atoms with Crippen LogP contribution in [0.1, 0.15) is 38.5 Å². The van der Waals surface area contributed by atoms with Crippen molar-refractivity contribution in [2.45, 2.75) is 50.9 Å². The largest absolute Gasteiger partial charge is 0.403 e. The highest BCUT2D eigenvalue weighted by Gasteiger charge is 2.78. The molecule has 12 nitrogen and oxygen atoms in total. The molecule has 4 fully saturated rings. The Morgan fingerprint density at radius 3 is 1.06 bits per heavy atom. The Labute approximate surface area is 261 Å². The fraction of sp³-hybridized carbons (Fsp3) is 0.586. The molecule has 4 aliphatic heterocycles. The fourth-order valence-electron chi connectivity index (χ4n) is 8.45. The van der Waals surface area contributed by atoms with Crippen molar-refractivity contribution >= 4 is 47.3 Å². The van der Waals surface area contributed by atoms with Crippen molar-refractivity contribution in [3.63, 3.8) is 0 Å². The number of amides is 8. The number of likely N-dealkylation sites (tertiary alicyclic amines) is 2. The molecule has 252 valence electrons. The fourth-order valence-corrected chi connectivity index (χ4v) is 8.45. The van der Waals surface area contributed by atoms with Gasteiger partial charge in [0.15, 0.2) is 5.41 Å². The van der Waals surface area contributed by atoms with Gasteiger partial charge in [0.25, 0.3) is 23.6 Å². The van der Waals surface area contributed by atoms with Gasteiger partial charge in [-0.25, -0.2) is 0 Å². The normalized spacial score (nSPS) is 31.7. The summed E-state index contributed by atoms with van der Waals surface area (Å²) in [5.74, 6) is -17.5. The lowest BCUT2D eigenvalue weighted by Crippen LogP contribution is -2.61. The second-order valence-electron chi connectivity index (χ2n) is 12.7. The average Bonchev–Trinajstić information content (AvgIpc) is 3.64. The van der Waals surface area contributed by atoms with Crippen LogP contribution in [0.15, 0.2) is 24.3 Å². The molecule has 18 heteroatoms. The van der Waals surface area contributed by atoms with Crippen LogP contribution < -0.4 is 0 Å². The molecule has 0 aromatic carbocycles. The highest BCUT2D eigenvalue weighted by molar-refractivity contribution is 6.14. The van der Waals surface area contributed by atoms with E-state index < -0.39 is 152 Å². The summed E-state index contributed by atoms with van der Waals surface area (Å²) < 4.78 is 90.7. The third kappa shape index (κ3) is 4.72. The third-order valence-corrected chi connectivity index (χ3v) is 10.6. The molecule has 47 heavy (non-hydrogen) atoms. The number of imide groups is 4. The first-order chi connectivity index (χ1) is 21.9. The first-order valence-electron chi connectivity index (χ1n) is 14.8. The highest BCUT2D eigenvalue weighted by atomic mass is 19.4. The molecule has 6 rings (SSSR count). The standard InChI is InChI=1S/C29H26F6N4O8/c30-28(31,32)27(29(33,34)35,13-1-3-15-17(9-13)25(46)38(23(15)44)11-36-19(40)5-6-20(36)41)14-2-4-16-18(10-14)26(47)39(24(16)45)12-37-21(42)7-8-22(37)43/h5-8,13-18H,1-4,9-12H2. The van der Waals surface area contributed by atoms with Crippen molar-refractivity contribution in [1.29, 1.82) is 0 Å². The van der Waals surface area contributed by atoms with E-state index in [-0.39, 0.29) is 0 Å². The molecule has 6 unspecified atom stereocenters. The zero-order valence-electron chi connectivity index (χ0n) is 24.3. The van der Waals surface area contributed by atoms with E-state index in [0.717, 1.165) is 24.3 Å². The summed E-state index contributed by atoms with van der Waals surface area (Å²) in [6, 6.07) is 0. The summed E-state index contributed by atoms with van der Waals surface area (Å²) in [4.78, 5) is 103. The van der Waals surface area contributed by atoms with Crippen molar-refractivity contribution in [2.75, 3.05) is 13.3 Å². The summed E-state index contributed by atoms with van der Waals surface area (Å²) in [5, 5.41) is 0. The topological polar surface area (TPSA) is 150 Å². The molecule has 0 N–H and O–H groups in total. The van der Waals surface area contributed by atoms with Crippen molar-refractivity contribution in [3.05, 3.63) is 24.3 Å². The molecule has 0 bridgehead atoms. The smallest absolute Gasteiger partial charge is 0.274 e. The van der Waals surface area contributed by atoms with E-state index in [0.29, 0.717) is 19.6 Å². The van der Waals surface area contributed by atoms with E-state index in [9.17, 15) is 38.4 Å². The Morgan fingerprint density at radius 2 is 0.766 bits per heavy atom. The van der Waals surface area contributed by atoms with Gasteiger partial charge < -0.3 is 0 Å². The monoisotopic (exact) mass is 672 g/mol. The molecule has 2 saturated heterocycles. The number of hydrogen-bond acceptors (Lipinski definition) is 8. The second-order valence-corrected chi connectivity index (χ2v) is 12.7. The molecule has 8 amide bonds. The van der Waals surface area contributed by atoms with Gasteiger partial charge in [-0.1, -0.05) is 0 Å². The van der Waals surface area contributed by atoms with Gasteiger partial charge in [0, 0.05) is 24.3 Å². The Balaban J connectivity index is 1.27. The van der Waals surface area contributed by atoms with E-state index in [1.165, 1.54) is 0 Å². The van der Waals surface area contributed by atoms with E-state index in [4.69, 9.17) is 0 Å². The maximum absolute atomic E-state index is 15.1. The van der Waals surface area contributed by atoms with Gasteiger partial charge in [0.2, 0.25) is 23.6 Å². The number of rotatable bonds is 6. The van der Waals surface area contributed by atoms with Gasteiger partial charge >= 0.3 is 12.4 Å². The molecule has 0 radical (unpaired) electrons. The predicted octanol–water partition coefficient (Wildman–Crippen LogP) is 1.66. The van der Waals surface area contributed by atoms with E-state index in [1.54, 1.807) is 0 Å². The molecule has 4 heterocycles. The van der Waals surface area contributed by atoms with Crippen molar-refractivity contribution in [3.8, 4) is 0 Å². The van der Waals surface area contributed by atoms with Gasteiger partial charge in [-0.2, -0.15) is 26.3 Å². The Hall–Kier alpha value is -4.38. The van der Waals surface area contributed by atoms with Crippen LogP contribution in [0.4, 0.5) is 26.3 Å². The first kappa shape index (κ1) is 32.6. The maximum atomic E-state index is 15.1. The van der Waals surface area contributed by atoms with Gasteiger partial charge in [0.05, 0.1) is 23.7 Å². The molecular weight excluding hydrogens is 646 g/mol. The lowest BCUT2D eigenvalue weighted by molar-refractivity contribution is -0.383. The van der Waals surface area contributed by atoms with Crippen LogP contribution in [0.5, 0.6) is 0 Å². The van der Waals surface area contributed by atoms with Crippen LogP contribution in [0.25, 0.3) is 0 Å². The van der Waals surface area contributed by atoms with Crippen LogP contribution >= 0.6 is 0 Å². The van der Waals surface area contributed by atoms with Crippen molar-refractivity contribution in [1.82, 2.24) is 19.6 Å². The third-order valence-electron chi connectivity index (χ3n) is 10.6. The number of carbonyl (C=O) groups excluding carboxylic acids is 8. The number of alkyl halides is 6. The quantitative estimate of drug-likeness (QED) is 0.306. The molecule has 0 aromatic rings. The molecule has 6 aliphatic rings. The molecule has 0 spiro atoms. The first-order valence-corrected chi connectivity index (χ1v) is 14.8. The minimum Gasteiger partial charge on any atom is -0.274 e. The van der Waals surface area contributed by atoms with E-state index in [1.807, 2.05) is 0 Å². The summed E-state index contributed by atoms with van der Waals surface area (Å²) in [6.45, 7) is -1.65. The Kier molecular flexibility index (Phi) is 7.50. The average molecular weight is 673 g/mol. The minimum atomic E-state index is -5.93. The lowest BCUT2D eigenvalue weighted by Gasteiger charge is -2.52. The predicted molar refractivity (Wildman–Crippen MR) is 139 cm³/mol. The number of carbonyl (C=O) groups is 8. The molecule has 2 aliphatic carbocycles. The van der Waals surface area contributed by atoms with Crippen LogP contribution in [-0.4, -0.2) is 92.5 Å². The summed E-state index contributed by atoms with van der Waals surface area (Å²) in [6.07, 6.45) is -12.8. The summed E-state index contributed by atoms with van der Waals surface area (Å²) in [5.41, 5.74) is -4.42. The second kappa shape index (κ2) is 10.8. The zero-order chi connectivity index (χ0) is 34.4. The van der Waals surface area contributed by atoms with E-state index >= 15 is 26.3 Å². The molecule has 6 atom stereocenters. The Morgan fingerprint density at radius 1 is 0.468 bits per heavy atom. The van der Waals surface area contributed by atoms with Crippen LogP contribution in [0.2, 0.25) is 0 Å². The molecular formula is C29H26F6N4O8.